The molecule has 2 aromatic rings. The second-order valence-electron chi connectivity index (χ2n) is 4.80. The molecule has 0 spiro atoms. The van der Waals surface area contributed by atoms with Gasteiger partial charge in [-0.2, -0.15) is 0 Å². The summed E-state index contributed by atoms with van der Waals surface area (Å²) in [6, 6.07) is 11.6. The highest BCUT2D eigenvalue weighted by Crippen LogP contribution is 2.33. The molecule has 0 saturated heterocycles. The average Bonchev–Trinajstić information content (AvgIpc) is 2.44. The molecule has 108 valence electrons. The largest absolute Gasteiger partial charge is 0.490 e. The maximum absolute atomic E-state index is 9.87. The van der Waals surface area contributed by atoms with Crippen molar-refractivity contribution < 1.29 is 19.7 Å². The number of aliphatic hydroxyl groups excluding tert-OH is 2. The van der Waals surface area contributed by atoms with Crippen LogP contribution < -0.4 is 4.74 Å². The third-order valence-electron chi connectivity index (χ3n) is 3.14. The van der Waals surface area contributed by atoms with Crippen LogP contribution in [0.25, 0.3) is 10.8 Å². The Hall–Kier alpha value is -1.62. The number of aliphatic hydroxyl groups is 2. The van der Waals surface area contributed by atoms with Gasteiger partial charge in [-0.25, -0.2) is 0 Å². The van der Waals surface area contributed by atoms with Gasteiger partial charge in [0.15, 0.2) is 0 Å². The van der Waals surface area contributed by atoms with E-state index in [4.69, 9.17) is 9.47 Å². The predicted molar refractivity (Wildman–Crippen MR) is 78.0 cm³/mol. The summed E-state index contributed by atoms with van der Waals surface area (Å²) < 4.78 is 10.6. The van der Waals surface area contributed by atoms with Crippen molar-refractivity contribution >= 4 is 10.8 Å². The molecule has 0 aliphatic rings. The lowest BCUT2D eigenvalue weighted by atomic mass is 10.0. The van der Waals surface area contributed by atoms with E-state index in [0.29, 0.717) is 11.3 Å². The summed E-state index contributed by atoms with van der Waals surface area (Å²) in [5.74, 6) is 0.619. The lowest BCUT2D eigenvalue weighted by Gasteiger charge is -2.18. The molecule has 2 N–H and O–H groups in total. The SMILES string of the molecule is COCC(O)COc1c([C@@H](C)O)ccc2ccccc12. The van der Waals surface area contributed by atoms with Gasteiger partial charge in [-0.15, -0.1) is 0 Å². The van der Waals surface area contributed by atoms with Crippen LogP contribution in [-0.2, 0) is 4.74 Å². The van der Waals surface area contributed by atoms with Crippen LogP contribution in [0.5, 0.6) is 5.75 Å². The van der Waals surface area contributed by atoms with Crippen molar-refractivity contribution in [2.24, 2.45) is 0 Å². The molecule has 0 bridgehead atoms. The molecule has 0 aromatic heterocycles. The number of benzene rings is 2. The minimum atomic E-state index is -0.694. The van der Waals surface area contributed by atoms with Crippen molar-refractivity contribution in [1.29, 1.82) is 0 Å². The molecule has 4 nitrogen and oxygen atoms in total. The fourth-order valence-electron chi connectivity index (χ4n) is 2.17. The zero-order valence-electron chi connectivity index (χ0n) is 11.7. The Morgan fingerprint density at radius 3 is 2.50 bits per heavy atom. The second-order valence-corrected chi connectivity index (χ2v) is 4.80. The van der Waals surface area contributed by atoms with E-state index in [9.17, 15) is 10.2 Å². The molecule has 2 rings (SSSR count). The van der Waals surface area contributed by atoms with Crippen LogP contribution in [-0.4, -0.2) is 36.6 Å². The molecule has 1 unspecified atom stereocenters. The van der Waals surface area contributed by atoms with E-state index in [0.717, 1.165) is 10.8 Å². The lowest BCUT2D eigenvalue weighted by molar-refractivity contribution is 0.0321. The summed E-state index contributed by atoms with van der Waals surface area (Å²) in [4.78, 5) is 0. The molecule has 2 atom stereocenters. The van der Waals surface area contributed by atoms with Crippen LogP contribution in [0.15, 0.2) is 36.4 Å². The smallest absolute Gasteiger partial charge is 0.133 e. The van der Waals surface area contributed by atoms with Crippen molar-refractivity contribution in [1.82, 2.24) is 0 Å². The molecule has 20 heavy (non-hydrogen) atoms. The Balaban J connectivity index is 2.34. The third kappa shape index (κ3) is 3.28. The molecule has 4 heteroatoms. The van der Waals surface area contributed by atoms with Gasteiger partial charge >= 0.3 is 0 Å². The number of fused-ring (bicyclic) bond motifs is 1. The summed E-state index contributed by atoms with van der Waals surface area (Å²) >= 11 is 0. The van der Waals surface area contributed by atoms with Gasteiger partial charge in [0.1, 0.15) is 18.5 Å². The van der Waals surface area contributed by atoms with Gasteiger partial charge in [0.05, 0.1) is 12.7 Å². The number of methoxy groups -OCH3 is 1. The van der Waals surface area contributed by atoms with Gasteiger partial charge < -0.3 is 19.7 Å². The van der Waals surface area contributed by atoms with Gasteiger partial charge in [-0.3, -0.25) is 0 Å². The maximum Gasteiger partial charge on any atom is 0.133 e. The second kappa shape index (κ2) is 6.70. The lowest BCUT2D eigenvalue weighted by Crippen LogP contribution is -2.23. The van der Waals surface area contributed by atoms with Crippen LogP contribution in [0.3, 0.4) is 0 Å². The topological polar surface area (TPSA) is 58.9 Å². The van der Waals surface area contributed by atoms with Gasteiger partial charge in [0.25, 0.3) is 0 Å². The van der Waals surface area contributed by atoms with Crippen LogP contribution in [0.4, 0.5) is 0 Å². The van der Waals surface area contributed by atoms with Crippen LogP contribution in [0, 0.1) is 0 Å². The Morgan fingerprint density at radius 2 is 1.80 bits per heavy atom. The number of ether oxygens (including phenoxy) is 2. The molecule has 0 amide bonds. The summed E-state index contributed by atoms with van der Waals surface area (Å²) in [6.45, 7) is 2.04. The maximum atomic E-state index is 9.87. The predicted octanol–water partition coefficient (Wildman–Crippen LogP) is 2.28. The molecule has 0 heterocycles. The van der Waals surface area contributed by atoms with Crippen molar-refractivity contribution in [2.45, 2.75) is 19.1 Å². The number of rotatable bonds is 6. The van der Waals surface area contributed by atoms with Crippen molar-refractivity contribution in [2.75, 3.05) is 20.3 Å². The Bertz CT molecular complexity index is 565. The minimum Gasteiger partial charge on any atom is -0.490 e. The Morgan fingerprint density at radius 1 is 1.05 bits per heavy atom. The summed E-state index contributed by atoms with van der Waals surface area (Å²) in [5.41, 5.74) is 0.716. The number of hydrogen-bond donors (Lipinski definition) is 2. The Labute approximate surface area is 118 Å². The first-order valence-electron chi connectivity index (χ1n) is 6.63. The molecule has 0 saturated carbocycles. The highest BCUT2D eigenvalue weighted by Gasteiger charge is 2.14. The van der Waals surface area contributed by atoms with E-state index >= 15 is 0 Å². The molecule has 0 aliphatic carbocycles. The van der Waals surface area contributed by atoms with Gasteiger partial charge in [0, 0.05) is 18.1 Å². The van der Waals surface area contributed by atoms with Crippen molar-refractivity contribution in [3.63, 3.8) is 0 Å². The van der Waals surface area contributed by atoms with Crippen molar-refractivity contribution in [3.05, 3.63) is 42.0 Å². The third-order valence-corrected chi connectivity index (χ3v) is 3.14. The molecule has 0 aliphatic heterocycles. The zero-order chi connectivity index (χ0) is 14.5. The fourth-order valence-corrected chi connectivity index (χ4v) is 2.17. The molecular weight excluding hydrogens is 256 g/mol. The monoisotopic (exact) mass is 276 g/mol. The first kappa shape index (κ1) is 14.8. The quantitative estimate of drug-likeness (QED) is 0.850. The van der Waals surface area contributed by atoms with Crippen LogP contribution in [0.2, 0.25) is 0 Å². The van der Waals surface area contributed by atoms with Crippen molar-refractivity contribution in [3.8, 4) is 5.75 Å². The fraction of sp³-hybridized carbons (Fsp3) is 0.375. The summed E-state index contributed by atoms with van der Waals surface area (Å²) in [5, 5.41) is 21.5. The van der Waals surface area contributed by atoms with E-state index in [2.05, 4.69) is 0 Å². The van der Waals surface area contributed by atoms with Gasteiger partial charge in [0.2, 0.25) is 0 Å². The van der Waals surface area contributed by atoms with E-state index in [1.807, 2.05) is 36.4 Å². The zero-order valence-corrected chi connectivity index (χ0v) is 11.7. The molecule has 0 radical (unpaired) electrons. The first-order valence-corrected chi connectivity index (χ1v) is 6.63. The molecule has 0 fully saturated rings. The molecule has 2 aromatic carbocycles. The van der Waals surface area contributed by atoms with E-state index < -0.39 is 12.2 Å². The standard InChI is InChI=1S/C16H20O4/c1-11(17)14-8-7-12-5-3-4-6-15(12)16(14)20-10-13(18)9-19-2/h3-8,11,13,17-18H,9-10H2,1-2H3/t11-,13?/m1/s1. The summed E-state index contributed by atoms with van der Waals surface area (Å²) in [7, 11) is 1.53. The van der Waals surface area contributed by atoms with E-state index in [1.54, 1.807) is 6.92 Å². The summed E-state index contributed by atoms with van der Waals surface area (Å²) in [6.07, 6.45) is -1.32. The van der Waals surface area contributed by atoms with E-state index in [-0.39, 0.29) is 13.2 Å². The van der Waals surface area contributed by atoms with Crippen LogP contribution in [0.1, 0.15) is 18.6 Å². The van der Waals surface area contributed by atoms with E-state index in [1.165, 1.54) is 7.11 Å². The minimum absolute atomic E-state index is 0.127. The van der Waals surface area contributed by atoms with Crippen LogP contribution >= 0.6 is 0 Å². The normalized spacial score (nSPS) is 14.2. The highest BCUT2D eigenvalue weighted by molar-refractivity contribution is 5.89. The molecular formula is C16H20O4. The highest BCUT2D eigenvalue weighted by atomic mass is 16.5. The first-order chi connectivity index (χ1) is 9.63. The average molecular weight is 276 g/mol. The van der Waals surface area contributed by atoms with Gasteiger partial charge in [-0.1, -0.05) is 36.4 Å². The number of hydrogen-bond acceptors (Lipinski definition) is 4. The Kier molecular flexibility index (Phi) is 4.95. The van der Waals surface area contributed by atoms with Gasteiger partial charge in [-0.05, 0) is 12.3 Å².